The molecule has 2 rings (SSSR count). The van der Waals surface area contributed by atoms with Crippen LogP contribution in [0.4, 0.5) is 0 Å². The maximum atomic E-state index is 2.23. The van der Waals surface area contributed by atoms with Crippen molar-refractivity contribution in [3.63, 3.8) is 0 Å². The topological polar surface area (TPSA) is 0 Å². The highest BCUT2D eigenvalue weighted by Gasteiger charge is 2.30. The first-order chi connectivity index (χ1) is 3.95. The van der Waals surface area contributed by atoms with Crippen LogP contribution in [0.15, 0.2) is 0 Å². The second-order valence-electron chi connectivity index (χ2n) is 1.66. The van der Waals surface area contributed by atoms with Crippen molar-refractivity contribution in [2.24, 2.45) is 0 Å². The van der Waals surface area contributed by atoms with Crippen molar-refractivity contribution in [1.82, 2.24) is 0 Å². The Labute approximate surface area is 63.5 Å². The fraction of sp³-hybridized carbons (Fsp3) is 1.00. The third kappa shape index (κ3) is 1.32. The van der Waals surface area contributed by atoms with E-state index in [-0.39, 0.29) is 0 Å². The smallest absolute Gasteiger partial charge is 0.0299 e. The van der Waals surface area contributed by atoms with Crippen LogP contribution in [0.2, 0.25) is 0 Å². The Morgan fingerprint density at radius 2 is 2.25 bits per heavy atom. The van der Waals surface area contributed by atoms with Crippen LogP contribution in [0.25, 0.3) is 0 Å². The molecule has 0 aromatic heterocycles. The maximum absolute atomic E-state index is 2.23. The maximum Gasteiger partial charge on any atom is 0.0299 e. The normalized spacial score (nSPS) is 45.0. The molecule has 2 aliphatic heterocycles. The van der Waals surface area contributed by atoms with Gasteiger partial charge in [-0.3, -0.25) is 0 Å². The molecule has 2 unspecified atom stereocenters. The van der Waals surface area contributed by atoms with Crippen LogP contribution in [0, 0.1) is 0 Å². The van der Waals surface area contributed by atoms with Crippen LogP contribution in [-0.2, 0) is 0 Å². The Morgan fingerprint density at radius 3 is 3.00 bits per heavy atom. The van der Waals surface area contributed by atoms with Crippen LogP contribution in [0.3, 0.4) is 0 Å². The summed E-state index contributed by atoms with van der Waals surface area (Å²) in [6, 6.07) is 0. The summed E-state index contributed by atoms with van der Waals surface area (Å²) in [4.78, 5) is 0. The van der Waals surface area contributed by atoms with Crippen LogP contribution < -0.4 is 0 Å². The molecule has 2 bridgehead atoms. The average Bonchev–Trinajstić information content (AvgIpc) is 2.12. The summed E-state index contributed by atoms with van der Waals surface area (Å²) < 4.78 is 0. The van der Waals surface area contributed by atoms with E-state index >= 15 is 0 Å². The second-order valence-corrected chi connectivity index (χ2v) is 15.1. The lowest BCUT2D eigenvalue weighted by Crippen LogP contribution is -1.88. The highest BCUT2D eigenvalue weighted by Crippen LogP contribution is 2.87. The third-order valence-corrected chi connectivity index (χ3v) is 20.2. The zero-order valence-electron chi connectivity index (χ0n) is 4.24. The van der Waals surface area contributed by atoms with Gasteiger partial charge < -0.3 is 0 Å². The lowest BCUT2D eigenvalue weighted by atomic mass is 11.0. The van der Waals surface area contributed by atoms with E-state index in [1.54, 1.807) is 5.90 Å². The van der Waals surface area contributed by atoms with Crippen molar-refractivity contribution < 1.29 is 0 Å². The van der Waals surface area contributed by atoms with E-state index in [1.807, 2.05) is 0 Å². The lowest BCUT2D eigenvalue weighted by molar-refractivity contribution is 1.54. The highest BCUT2D eigenvalue weighted by molar-refractivity contribution is 9.24. The summed E-state index contributed by atoms with van der Waals surface area (Å²) >= 11 is 2.23. The largest absolute Gasteiger partial charge is 0.121 e. The monoisotopic (exact) mass is 200 g/mol. The van der Waals surface area contributed by atoms with Gasteiger partial charge in [-0.15, -0.1) is 11.4 Å². The molecule has 0 radical (unpaired) electrons. The Morgan fingerprint density at radius 1 is 1.25 bits per heavy atom. The molecule has 0 saturated carbocycles. The summed E-state index contributed by atoms with van der Waals surface area (Å²) in [6.07, 6.45) is 1.97. The molecule has 0 N–H and O–H groups in total. The van der Waals surface area contributed by atoms with Gasteiger partial charge in [-0.1, -0.05) is 20.8 Å². The molecule has 0 aromatic rings. The minimum absolute atomic E-state index is 0.430. The van der Waals surface area contributed by atoms with Crippen molar-refractivity contribution >= 4 is 45.7 Å². The molecule has 2 aliphatic rings. The minimum Gasteiger partial charge on any atom is -0.121 e. The Hall–Kier alpha value is 1.91. The lowest BCUT2D eigenvalue weighted by Gasteiger charge is -2.13. The van der Waals surface area contributed by atoms with Crippen molar-refractivity contribution in [2.75, 3.05) is 17.8 Å². The van der Waals surface area contributed by atoms with Gasteiger partial charge in [0.1, 0.15) is 0 Å². The molecule has 0 aliphatic carbocycles. The van der Waals surface area contributed by atoms with Crippen molar-refractivity contribution in [1.29, 1.82) is 0 Å². The Kier molecular flexibility index (Phi) is 2.38. The van der Waals surface area contributed by atoms with E-state index in [1.165, 1.54) is 11.9 Å². The van der Waals surface area contributed by atoms with Crippen LogP contribution in [-0.4, -0.2) is 17.8 Å². The van der Waals surface area contributed by atoms with Crippen molar-refractivity contribution in [2.45, 2.75) is 0 Å². The summed E-state index contributed by atoms with van der Waals surface area (Å²) in [5.74, 6) is 3.07. The van der Waals surface area contributed by atoms with Crippen molar-refractivity contribution in [3.05, 3.63) is 0 Å². The molecule has 0 nitrogen and oxygen atoms in total. The molecule has 0 amide bonds. The van der Waals surface area contributed by atoms with Crippen LogP contribution >= 0.6 is 45.7 Å². The Balaban J connectivity index is 2.03. The molecule has 5 heteroatoms. The molecule has 2 fully saturated rings. The zero-order valence-corrected chi connectivity index (χ0v) is 8.48. The van der Waals surface area contributed by atoms with E-state index in [4.69, 9.17) is 0 Å². The van der Waals surface area contributed by atoms with E-state index in [9.17, 15) is 0 Å². The van der Waals surface area contributed by atoms with E-state index in [2.05, 4.69) is 32.2 Å². The number of hydrogen-bond donors (Lipinski definition) is 0. The summed E-state index contributed by atoms with van der Waals surface area (Å²) in [7, 11) is 4.88. The minimum atomic E-state index is 0.430. The van der Waals surface area contributed by atoms with E-state index in [0.29, 0.717) is 13.4 Å². The third-order valence-electron chi connectivity index (χ3n) is 1.07. The summed E-state index contributed by atoms with van der Waals surface area (Å²) in [5.41, 5.74) is 0. The van der Waals surface area contributed by atoms with Gasteiger partial charge in [0.05, 0.1) is 0 Å². The molecule has 2 atom stereocenters. The zero-order chi connectivity index (χ0) is 5.40. The molecule has 2 saturated heterocycles. The van der Waals surface area contributed by atoms with Gasteiger partial charge in [0, 0.05) is 18.0 Å². The number of rotatable bonds is 0. The molecule has 0 aromatic carbocycles. The molecule has 0 spiro atoms. The molecule has 46 valence electrons. The number of fused-ring (bicyclic) bond motifs is 2. The predicted octanol–water partition coefficient (Wildman–Crippen LogP) is 3.79. The first kappa shape index (κ1) is 6.61. The number of hydrogen-bond acceptors (Lipinski definition) is 3. The van der Waals surface area contributed by atoms with Gasteiger partial charge in [-0.05, 0) is 13.3 Å². The van der Waals surface area contributed by atoms with Gasteiger partial charge in [0.15, 0.2) is 0 Å². The van der Waals surface area contributed by atoms with Crippen molar-refractivity contribution in [3.8, 4) is 0 Å². The van der Waals surface area contributed by atoms with Crippen LogP contribution in [0.1, 0.15) is 0 Å². The Bertz CT molecular complexity index is 84.5. The van der Waals surface area contributed by atoms with Gasteiger partial charge >= 0.3 is 0 Å². The first-order valence-corrected chi connectivity index (χ1v) is 10.6. The highest BCUT2D eigenvalue weighted by atomic mass is 33.6. The van der Waals surface area contributed by atoms with Gasteiger partial charge in [-0.25, -0.2) is 0 Å². The van der Waals surface area contributed by atoms with Gasteiger partial charge in [-0.2, -0.15) is 0 Å². The van der Waals surface area contributed by atoms with E-state index < -0.39 is 0 Å². The average molecular weight is 200 g/mol. The standard InChI is InChI=1S/C3H6P2S3/c1-2-6-5-3-4(1)7-8-5/h1-3H2. The summed E-state index contributed by atoms with van der Waals surface area (Å²) in [5, 5.41) is 0. The first-order valence-electron chi connectivity index (χ1n) is 2.45. The van der Waals surface area contributed by atoms with Gasteiger partial charge in [0.25, 0.3) is 0 Å². The molecule has 8 heavy (non-hydrogen) atoms. The van der Waals surface area contributed by atoms with Crippen LogP contribution in [0.5, 0.6) is 0 Å². The fourth-order valence-corrected chi connectivity index (χ4v) is 27.6. The fourth-order valence-electron chi connectivity index (χ4n) is 0.675. The SMILES string of the molecule is C1CP2CP(S1)SS2. The second kappa shape index (κ2) is 2.88. The molecular formula is C3H6P2S3. The quantitative estimate of drug-likeness (QED) is 0.431. The summed E-state index contributed by atoms with van der Waals surface area (Å²) in [6.45, 7) is 0. The van der Waals surface area contributed by atoms with Gasteiger partial charge in [0.2, 0.25) is 0 Å². The molecule has 2 heterocycles. The predicted molar refractivity (Wildman–Crippen MR) is 51.2 cm³/mol. The molecular weight excluding hydrogens is 194 g/mol. The van der Waals surface area contributed by atoms with E-state index in [0.717, 1.165) is 0 Å².